The van der Waals surface area contributed by atoms with Gasteiger partial charge >= 0.3 is 6.09 Å². The minimum atomic E-state index is -1.20. The molecule has 5 nitrogen and oxygen atoms in total. The van der Waals surface area contributed by atoms with Crippen LogP contribution in [0.1, 0.15) is 26.3 Å². The van der Waals surface area contributed by atoms with Crippen LogP contribution in [0.5, 0.6) is 0 Å². The molecule has 0 saturated heterocycles. The van der Waals surface area contributed by atoms with Gasteiger partial charge in [-0.2, -0.15) is 0 Å². The summed E-state index contributed by atoms with van der Waals surface area (Å²) < 4.78 is 5.13. The van der Waals surface area contributed by atoms with E-state index in [-0.39, 0.29) is 5.15 Å². The molecule has 21 heavy (non-hydrogen) atoms. The standard InChI is InChI=1S/C15H15ClN2O3/c1-5-11(19)7-6-10-8-13(16)17-9-12(10)18-14(20)21-15(2,3)4/h1,8-9,11,19H,2-4H3,(H,18,20)/t11-/m1/s1. The minimum absolute atomic E-state index is 0.198. The van der Waals surface area contributed by atoms with Crippen LogP contribution in [0.25, 0.3) is 0 Å². The van der Waals surface area contributed by atoms with Crippen LogP contribution in [0.2, 0.25) is 5.15 Å². The Hall–Kier alpha value is -2.21. The molecule has 1 aromatic rings. The molecule has 1 rings (SSSR count). The number of carbonyl (C=O) groups excluding carboxylic acids is 1. The third kappa shape index (κ3) is 6.18. The van der Waals surface area contributed by atoms with Gasteiger partial charge in [0.15, 0.2) is 6.10 Å². The third-order valence-corrected chi connectivity index (χ3v) is 2.21. The number of amides is 1. The maximum Gasteiger partial charge on any atom is 0.412 e. The first-order valence-electron chi connectivity index (χ1n) is 6.02. The van der Waals surface area contributed by atoms with Gasteiger partial charge in [0.2, 0.25) is 0 Å². The molecule has 0 fully saturated rings. The topological polar surface area (TPSA) is 71.5 Å². The van der Waals surface area contributed by atoms with Gasteiger partial charge < -0.3 is 9.84 Å². The number of aromatic nitrogens is 1. The van der Waals surface area contributed by atoms with Crippen LogP contribution in [0.15, 0.2) is 12.3 Å². The summed E-state index contributed by atoms with van der Waals surface area (Å²) in [4.78, 5) is 15.6. The van der Waals surface area contributed by atoms with Crippen LogP contribution >= 0.6 is 11.6 Å². The Morgan fingerprint density at radius 2 is 2.24 bits per heavy atom. The Morgan fingerprint density at radius 1 is 1.57 bits per heavy atom. The number of aliphatic hydroxyl groups is 1. The maximum atomic E-state index is 11.7. The predicted octanol–water partition coefficient (Wildman–Crippen LogP) is 2.43. The highest BCUT2D eigenvalue weighted by molar-refractivity contribution is 6.29. The van der Waals surface area contributed by atoms with Gasteiger partial charge in [0, 0.05) is 0 Å². The van der Waals surface area contributed by atoms with Crippen molar-refractivity contribution in [2.75, 3.05) is 5.32 Å². The largest absolute Gasteiger partial charge is 0.444 e. The lowest BCUT2D eigenvalue weighted by Gasteiger charge is -2.19. The Balaban J connectivity index is 2.99. The third-order valence-electron chi connectivity index (χ3n) is 2.01. The van der Waals surface area contributed by atoms with E-state index < -0.39 is 17.8 Å². The fourth-order valence-electron chi connectivity index (χ4n) is 1.23. The van der Waals surface area contributed by atoms with E-state index in [1.165, 1.54) is 12.3 Å². The number of pyridine rings is 1. The van der Waals surface area contributed by atoms with Crippen molar-refractivity contribution in [1.29, 1.82) is 0 Å². The zero-order valence-corrected chi connectivity index (χ0v) is 12.7. The highest BCUT2D eigenvalue weighted by Gasteiger charge is 2.17. The highest BCUT2D eigenvalue weighted by atomic mass is 35.5. The molecule has 0 aromatic carbocycles. The number of hydrogen-bond acceptors (Lipinski definition) is 4. The summed E-state index contributed by atoms with van der Waals surface area (Å²) in [5.74, 6) is 7.13. The van der Waals surface area contributed by atoms with Crippen molar-refractivity contribution < 1.29 is 14.6 Å². The average molecular weight is 307 g/mol. The summed E-state index contributed by atoms with van der Waals surface area (Å²) in [5, 5.41) is 12.0. The van der Waals surface area contributed by atoms with E-state index in [0.717, 1.165) is 0 Å². The van der Waals surface area contributed by atoms with Crippen LogP contribution in [0.4, 0.5) is 10.5 Å². The number of aliphatic hydroxyl groups excluding tert-OH is 1. The molecule has 110 valence electrons. The second kappa shape index (κ2) is 6.99. The second-order valence-electron chi connectivity index (χ2n) is 5.02. The Labute approximate surface area is 128 Å². The molecule has 0 aliphatic rings. The number of nitrogens with one attached hydrogen (secondary N) is 1. The lowest BCUT2D eigenvalue weighted by atomic mass is 10.2. The predicted molar refractivity (Wildman–Crippen MR) is 80.8 cm³/mol. The lowest BCUT2D eigenvalue weighted by molar-refractivity contribution is 0.0636. The fraction of sp³-hybridized carbons (Fsp3) is 0.333. The second-order valence-corrected chi connectivity index (χ2v) is 5.41. The molecular formula is C15H15ClN2O3. The minimum Gasteiger partial charge on any atom is -0.444 e. The SMILES string of the molecule is C#C[C@@H](O)C#Cc1cc(Cl)ncc1NC(=O)OC(C)(C)C. The van der Waals surface area contributed by atoms with Crippen LogP contribution in [-0.2, 0) is 4.74 Å². The molecule has 0 bridgehead atoms. The van der Waals surface area contributed by atoms with E-state index in [4.69, 9.17) is 22.8 Å². The van der Waals surface area contributed by atoms with E-state index >= 15 is 0 Å². The quantitative estimate of drug-likeness (QED) is 0.617. The van der Waals surface area contributed by atoms with Gasteiger partial charge in [-0.3, -0.25) is 5.32 Å². The molecule has 0 aliphatic heterocycles. The smallest absolute Gasteiger partial charge is 0.412 e. The number of anilines is 1. The van der Waals surface area contributed by atoms with Gasteiger partial charge in [0.25, 0.3) is 0 Å². The normalized spacial score (nSPS) is 11.6. The van der Waals surface area contributed by atoms with Gasteiger partial charge in [-0.15, -0.1) is 6.42 Å². The zero-order chi connectivity index (χ0) is 16.0. The first-order valence-corrected chi connectivity index (χ1v) is 6.40. The van der Waals surface area contributed by atoms with Crippen LogP contribution < -0.4 is 5.32 Å². The van der Waals surface area contributed by atoms with E-state index in [2.05, 4.69) is 28.1 Å². The maximum absolute atomic E-state index is 11.7. The lowest BCUT2D eigenvalue weighted by Crippen LogP contribution is -2.27. The van der Waals surface area contributed by atoms with Gasteiger partial charge in [0.05, 0.1) is 17.4 Å². The zero-order valence-electron chi connectivity index (χ0n) is 11.9. The number of ether oxygens (including phenoxy) is 1. The van der Waals surface area contributed by atoms with Crippen molar-refractivity contribution in [1.82, 2.24) is 4.98 Å². The molecule has 0 aliphatic carbocycles. The summed E-state index contributed by atoms with van der Waals surface area (Å²) in [6, 6.07) is 1.45. The van der Waals surface area contributed by atoms with Crippen molar-refractivity contribution in [3.05, 3.63) is 23.0 Å². The van der Waals surface area contributed by atoms with Crippen molar-refractivity contribution >= 4 is 23.4 Å². The molecule has 6 heteroatoms. The van der Waals surface area contributed by atoms with E-state index in [9.17, 15) is 9.90 Å². The van der Waals surface area contributed by atoms with Gasteiger partial charge in [0.1, 0.15) is 10.8 Å². The van der Waals surface area contributed by atoms with E-state index in [1.54, 1.807) is 20.8 Å². The fourth-order valence-corrected chi connectivity index (χ4v) is 1.39. The highest BCUT2D eigenvalue weighted by Crippen LogP contribution is 2.18. The Morgan fingerprint density at radius 3 is 2.81 bits per heavy atom. The summed E-state index contributed by atoms with van der Waals surface area (Å²) >= 11 is 5.78. The molecular weight excluding hydrogens is 292 g/mol. The molecule has 0 radical (unpaired) electrons. The van der Waals surface area contributed by atoms with Crippen LogP contribution in [0.3, 0.4) is 0 Å². The molecule has 0 unspecified atom stereocenters. The van der Waals surface area contributed by atoms with E-state index in [0.29, 0.717) is 11.3 Å². The number of carbonyl (C=O) groups is 1. The van der Waals surface area contributed by atoms with Crippen LogP contribution in [-0.4, -0.2) is 27.9 Å². The van der Waals surface area contributed by atoms with Crippen molar-refractivity contribution in [3.8, 4) is 24.2 Å². The number of nitrogens with zero attached hydrogens (tertiary/aromatic N) is 1. The first-order chi connectivity index (χ1) is 9.71. The first kappa shape index (κ1) is 16.8. The molecule has 2 N–H and O–H groups in total. The summed E-state index contributed by atoms with van der Waals surface area (Å²) in [6.07, 6.45) is 4.52. The molecule has 1 aromatic heterocycles. The number of hydrogen-bond donors (Lipinski definition) is 2. The summed E-state index contributed by atoms with van der Waals surface area (Å²) in [7, 11) is 0. The van der Waals surface area contributed by atoms with Gasteiger partial charge in [-0.25, -0.2) is 9.78 Å². The monoisotopic (exact) mass is 306 g/mol. The van der Waals surface area contributed by atoms with Crippen molar-refractivity contribution in [2.24, 2.45) is 0 Å². The van der Waals surface area contributed by atoms with Gasteiger partial charge in [-0.1, -0.05) is 29.4 Å². The number of terminal acetylenes is 1. The van der Waals surface area contributed by atoms with Crippen LogP contribution in [0, 0.1) is 24.2 Å². The summed E-state index contributed by atoms with van der Waals surface area (Å²) in [6.45, 7) is 5.24. The number of halogens is 1. The van der Waals surface area contributed by atoms with Crippen molar-refractivity contribution in [3.63, 3.8) is 0 Å². The molecule has 0 spiro atoms. The molecule has 0 saturated carbocycles. The summed E-state index contributed by atoms with van der Waals surface area (Å²) in [5.41, 5.74) is 0.0515. The number of rotatable bonds is 1. The average Bonchev–Trinajstić information content (AvgIpc) is 2.36. The van der Waals surface area contributed by atoms with E-state index in [1.807, 2.05) is 0 Å². The Kier molecular flexibility index (Phi) is 5.60. The van der Waals surface area contributed by atoms with Crippen molar-refractivity contribution in [2.45, 2.75) is 32.5 Å². The molecule has 1 amide bonds. The Bertz CT molecular complexity index is 633. The molecule has 1 atom stereocenters. The molecule has 1 heterocycles. The van der Waals surface area contributed by atoms with Gasteiger partial charge in [-0.05, 0) is 26.8 Å².